The lowest BCUT2D eigenvalue weighted by molar-refractivity contribution is -0.113. The second kappa shape index (κ2) is 4.91. The van der Waals surface area contributed by atoms with Crippen molar-refractivity contribution in [2.24, 2.45) is 0 Å². The van der Waals surface area contributed by atoms with Crippen LogP contribution in [0, 0.1) is 5.41 Å². The van der Waals surface area contributed by atoms with E-state index in [2.05, 4.69) is 6.92 Å². The summed E-state index contributed by atoms with van der Waals surface area (Å²) in [5, 5.41) is 7.92. The standard InChI is InChI=1S/C12H18N2O/c1-4-6-7-10-11(9(3)15)8-14(5-2)12(10)13/h7-8,13H,4-6H2,1-3H3/b10-7-,13-12?. The van der Waals surface area contributed by atoms with Gasteiger partial charge in [0.05, 0.1) is 0 Å². The third-order valence-corrected chi connectivity index (χ3v) is 2.47. The molecule has 82 valence electrons. The molecule has 1 aliphatic rings. The van der Waals surface area contributed by atoms with Crippen LogP contribution in [0.4, 0.5) is 0 Å². The molecule has 0 aromatic carbocycles. The van der Waals surface area contributed by atoms with Crippen LogP contribution in [0.2, 0.25) is 0 Å². The first-order valence-electron chi connectivity index (χ1n) is 5.40. The number of amidine groups is 1. The van der Waals surface area contributed by atoms with Crippen molar-refractivity contribution in [3.8, 4) is 0 Å². The molecule has 0 atom stereocenters. The Morgan fingerprint density at radius 1 is 1.53 bits per heavy atom. The van der Waals surface area contributed by atoms with E-state index < -0.39 is 0 Å². The molecule has 0 saturated heterocycles. The monoisotopic (exact) mass is 206 g/mol. The van der Waals surface area contributed by atoms with Gasteiger partial charge in [-0.25, -0.2) is 0 Å². The second-order valence-electron chi connectivity index (χ2n) is 3.64. The van der Waals surface area contributed by atoms with Gasteiger partial charge < -0.3 is 4.90 Å². The molecule has 0 fully saturated rings. The van der Waals surface area contributed by atoms with Crippen LogP contribution < -0.4 is 0 Å². The van der Waals surface area contributed by atoms with Crippen molar-refractivity contribution in [1.82, 2.24) is 4.90 Å². The SMILES string of the molecule is CCC/C=C1\C(=N)N(CC)C=C1C(C)=O. The average molecular weight is 206 g/mol. The summed E-state index contributed by atoms with van der Waals surface area (Å²) in [6.45, 7) is 6.35. The molecule has 0 amide bonds. The van der Waals surface area contributed by atoms with Crippen molar-refractivity contribution < 1.29 is 4.79 Å². The third kappa shape index (κ3) is 2.35. The highest BCUT2D eigenvalue weighted by molar-refractivity contribution is 6.15. The van der Waals surface area contributed by atoms with Crippen molar-refractivity contribution in [3.63, 3.8) is 0 Å². The van der Waals surface area contributed by atoms with Gasteiger partial charge in [-0.05, 0) is 20.3 Å². The fraction of sp³-hybridized carbons (Fsp3) is 0.500. The molecule has 0 bridgehead atoms. The molecule has 3 nitrogen and oxygen atoms in total. The van der Waals surface area contributed by atoms with Crippen molar-refractivity contribution in [1.29, 1.82) is 5.41 Å². The molecule has 0 unspecified atom stereocenters. The fourth-order valence-corrected chi connectivity index (χ4v) is 1.60. The normalized spacial score (nSPS) is 18.6. The Kier molecular flexibility index (Phi) is 3.83. The van der Waals surface area contributed by atoms with Crippen LogP contribution in [0.3, 0.4) is 0 Å². The summed E-state index contributed by atoms with van der Waals surface area (Å²) in [5.74, 6) is 0.495. The topological polar surface area (TPSA) is 44.2 Å². The summed E-state index contributed by atoms with van der Waals surface area (Å²) >= 11 is 0. The largest absolute Gasteiger partial charge is 0.333 e. The minimum atomic E-state index is 0.0399. The summed E-state index contributed by atoms with van der Waals surface area (Å²) in [4.78, 5) is 13.2. The minimum Gasteiger partial charge on any atom is -0.333 e. The van der Waals surface area contributed by atoms with Crippen LogP contribution in [0.1, 0.15) is 33.6 Å². The first kappa shape index (κ1) is 11.7. The van der Waals surface area contributed by atoms with E-state index >= 15 is 0 Å². The number of likely N-dealkylation sites (N-methyl/N-ethyl adjacent to an activating group) is 1. The van der Waals surface area contributed by atoms with E-state index in [-0.39, 0.29) is 5.78 Å². The number of nitrogens with zero attached hydrogens (tertiary/aromatic N) is 1. The molecule has 0 saturated carbocycles. The van der Waals surface area contributed by atoms with Crippen molar-refractivity contribution in [3.05, 3.63) is 23.4 Å². The number of unbranched alkanes of at least 4 members (excludes halogenated alkanes) is 1. The Labute approximate surface area is 91.0 Å². The van der Waals surface area contributed by atoms with Gasteiger partial charge in [-0.15, -0.1) is 0 Å². The Balaban J connectivity index is 2.99. The van der Waals surface area contributed by atoms with E-state index in [9.17, 15) is 4.79 Å². The Hall–Kier alpha value is -1.38. The summed E-state index contributed by atoms with van der Waals surface area (Å²) in [7, 11) is 0. The number of rotatable bonds is 4. The average Bonchev–Trinajstić information content (AvgIpc) is 2.52. The second-order valence-corrected chi connectivity index (χ2v) is 3.64. The van der Waals surface area contributed by atoms with Crippen LogP contribution in [-0.4, -0.2) is 23.1 Å². The zero-order chi connectivity index (χ0) is 11.4. The Morgan fingerprint density at radius 3 is 2.67 bits per heavy atom. The number of carbonyl (C=O) groups is 1. The fourth-order valence-electron chi connectivity index (χ4n) is 1.60. The van der Waals surface area contributed by atoms with Crippen LogP contribution in [0.5, 0.6) is 0 Å². The van der Waals surface area contributed by atoms with E-state index in [1.54, 1.807) is 18.0 Å². The highest BCUT2D eigenvalue weighted by atomic mass is 16.1. The minimum absolute atomic E-state index is 0.0399. The molecule has 1 rings (SSSR count). The summed E-state index contributed by atoms with van der Waals surface area (Å²) in [6, 6.07) is 0. The molecule has 15 heavy (non-hydrogen) atoms. The van der Waals surface area contributed by atoms with E-state index in [0.717, 1.165) is 25.0 Å². The number of hydrogen-bond donors (Lipinski definition) is 1. The van der Waals surface area contributed by atoms with E-state index in [0.29, 0.717) is 11.4 Å². The van der Waals surface area contributed by atoms with Gasteiger partial charge in [0.1, 0.15) is 5.84 Å². The van der Waals surface area contributed by atoms with Gasteiger partial charge in [-0.2, -0.15) is 0 Å². The van der Waals surface area contributed by atoms with Gasteiger partial charge >= 0.3 is 0 Å². The zero-order valence-corrected chi connectivity index (χ0v) is 9.63. The third-order valence-electron chi connectivity index (χ3n) is 2.47. The highest BCUT2D eigenvalue weighted by Gasteiger charge is 2.25. The van der Waals surface area contributed by atoms with Gasteiger partial charge in [-0.1, -0.05) is 19.4 Å². The summed E-state index contributed by atoms with van der Waals surface area (Å²) in [5.41, 5.74) is 1.47. The lowest BCUT2D eigenvalue weighted by atomic mass is 10.0. The molecule has 0 radical (unpaired) electrons. The van der Waals surface area contributed by atoms with Gasteiger partial charge in [0, 0.05) is 23.9 Å². The number of carbonyl (C=O) groups excluding carboxylic acids is 1. The van der Waals surface area contributed by atoms with Gasteiger partial charge in [0.25, 0.3) is 0 Å². The van der Waals surface area contributed by atoms with Gasteiger partial charge in [0.2, 0.25) is 0 Å². The Morgan fingerprint density at radius 2 is 2.20 bits per heavy atom. The van der Waals surface area contributed by atoms with E-state index in [1.807, 2.05) is 13.0 Å². The molecule has 1 aliphatic heterocycles. The quantitative estimate of drug-likeness (QED) is 0.768. The van der Waals surface area contributed by atoms with E-state index in [1.165, 1.54) is 0 Å². The van der Waals surface area contributed by atoms with Crippen LogP contribution in [0.25, 0.3) is 0 Å². The number of Topliss-reactive ketones (excluding diaryl/α,β-unsaturated/α-hetero) is 1. The maximum absolute atomic E-state index is 11.4. The highest BCUT2D eigenvalue weighted by Crippen LogP contribution is 2.23. The van der Waals surface area contributed by atoms with Crippen LogP contribution in [-0.2, 0) is 4.79 Å². The molecule has 0 aliphatic carbocycles. The van der Waals surface area contributed by atoms with Gasteiger partial charge in [-0.3, -0.25) is 10.2 Å². The van der Waals surface area contributed by atoms with Crippen molar-refractivity contribution in [2.45, 2.75) is 33.6 Å². The smallest absolute Gasteiger partial charge is 0.162 e. The van der Waals surface area contributed by atoms with Crippen LogP contribution >= 0.6 is 0 Å². The van der Waals surface area contributed by atoms with Crippen LogP contribution in [0.15, 0.2) is 23.4 Å². The molecule has 0 aromatic heterocycles. The number of hydrogen-bond acceptors (Lipinski definition) is 2. The number of allylic oxidation sites excluding steroid dienone is 1. The summed E-state index contributed by atoms with van der Waals surface area (Å²) in [6.07, 6.45) is 5.73. The molecule has 0 aromatic rings. The molecule has 0 spiro atoms. The molecule has 3 heteroatoms. The molecule has 1 heterocycles. The summed E-state index contributed by atoms with van der Waals surface area (Å²) < 4.78 is 0. The first-order valence-corrected chi connectivity index (χ1v) is 5.40. The number of nitrogens with one attached hydrogen (secondary N) is 1. The first-order chi connectivity index (χ1) is 7.11. The predicted molar refractivity (Wildman–Crippen MR) is 61.9 cm³/mol. The zero-order valence-electron chi connectivity index (χ0n) is 9.63. The van der Waals surface area contributed by atoms with Crippen molar-refractivity contribution in [2.75, 3.05) is 6.54 Å². The maximum Gasteiger partial charge on any atom is 0.162 e. The lowest BCUT2D eigenvalue weighted by Gasteiger charge is -2.12. The molecule has 1 N–H and O–H groups in total. The molecular weight excluding hydrogens is 188 g/mol. The molecular formula is C12H18N2O. The number of ketones is 1. The lowest BCUT2D eigenvalue weighted by Crippen LogP contribution is -2.20. The van der Waals surface area contributed by atoms with Crippen molar-refractivity contribution >= 4 is 11.6 Å². The Bertz CT molecular complexity index is 340. The van der Waals surface area contributed by atoms with Gasteiger partial charge in [0.15, 0.2) is 5.78 Å². The van der Waals surface area contributed by atoms with E-state index in [4.69, 9.17) is 5.41 Å². The predicted octanol–water partition coefficient (Wildman–Crippen LogP) is 2.50. The maximum atomic E-state index is 11.4.